The highest BCUT2D eigenvalue weighted by molar-refractivity contribution is 7.89. The number of benzene rings is 3. The van der Waals surface area contributed by atoms with Crippen LogP contribution in [0, 0.1) is 0 Å². The Morgan fingerprint density at radius 1 is 0.861 bits per heavy atom. The van der Waals surface area contributed by atoms with E-state index in [1.165, 1.54) is 54.6 Å². The van der Waals surface area contributed by atoms with E-state index in [4.69, 9.17) is 10.2 Å². The van der Waals surface area contributed by atoms with Crippen molar-refractivity contribution in [2.45, 2.75) is 11.8 Å². The lowest BCUT2D eigenvalue weighted by atomic mass is 10.1. The first kappa shape index (κ1) is 24.4. The number of carbonyl (C=O) groups is 4. The molecule has 0 saturated carbocycles. The van der Waals surface area contributed by atoms with E-state index in [1.807, 2.05) is 0 Å². The third-order valence-electron chi connectivity index (χ3n) is 5.45. The number of nitrogens with two attached hydrogens (primary N) is 1. The monoisotopic (exact) mass is 506 g/mol. The number of imide groups is 1. The number of fused-ring (bicyclic) bond motifs is 1. The summed E-state index contributed by atoms with van der Waals surface area (Å²) in [5, 5.41) is 18.2. The predicted molar refractivity (Wildman–Crippen MR) is 128 cm³/mol. The van der Waals surface area contributed by atoms with E-state index in [2.05, 4.69) is 10.5 Å². The van der Waals surface area contributed by atoms with Crippen LogP contribution in [0.15, 0.2) is 76.7 Å². The van der Waals surface area contributed by atoms with Crippen LogP contribution >= 0.6 is 0 Å². The van der Waals surface area contributed by atoms with Crippen molar-refractivity contribution in [3.63, 3.8) is 0 Å². The van der Waals surface area contributed by atoms with Crippen molar-refractivity contribution in [3.8, 4) is 0 Å². The van der Waals surface area contributed by atoms with Crippen molar-refractivity contribution < 1.29 is 32.7 Å². The molecule has 0 aliphatic carbocycles. The van der Waals surface area contributed by atoms with Crippen molar-refractivity contribution in [1.29, 1.82) is 0 Å². The fourth-order valence-corrected chi connectivity index (χ4v) is 4.04. The molecule has 0 saturated heterocycles. The quantitative estimate of drug-likeness (QED) is 0.260. The molecule has 0 fully saturated rings. The first-order valence-electron chi connectivity index (χ1n) is 10.3. The van der Waals surface area contributed by atoms with E-state index in [-0.39, 0.29) is 32.8 Å². The van der Waals surface area contributed by atoms with E-state index in [0.717, 1.165) is 4.90 Å². The zero-order chi connectivity index (χ0) is 26.2. The molecule has 0 bridgehead atoms. The van der Waals surface area contributed by atoms with Gasteiger partial charge in [-0.15, -0.1) is 0 Å². The molecular formula is C24H18N4O7S. The molecular weight excluding hydrogens is 488 g/mol. The van der Waals surface area contributed by atoms with Crippen LogP contribution < -0.4 is 15.5 Å². The summed E-state index contributed by atoms with van der Waals surface area (Å²) in [4.78, 5) is 49.9. The standard InChI is InChI=1S/C24H18N4O7S/c1-13(26-27-21(29)15-4-9-18(10-5-15)36(25,34)35)14-2-7-17(8-3-14)28-22(30)19-11-6-16(24(32)33)12-20(19)23(28)31/h2-12H,1H3,(H,27,29)(H,32,33)(H2,25,34,35)/b26-13+. The lowest BCUT2D eigenvalue weighted by Gasteiger charge is -2.14. The number of sulfonamides is 1. The maximum atomic E-state index is 12.8. The molecule has 3 aromatic rings. The first-order chi connectivity index (χ1) is 17.0. The fourth-order valence-electron chi connectivity index (χ4n) is 3.52. The number of nitrogens with one attached hydrogen (secondary N) is 1. The fraction of sp³-hybridized carbons (Fsp3) is 0.0417. The minimum Gasteiger partial charge on any atom is -0.478 e. The highest BCUT2D eigenvalue weighted by atomic mass is 32.2. The number of hydrazone groups is 1. The highest BCUT2D eigenvalue weighted by Crippen LogP contribution is 2.29. The molecule has 0 radical (unpaired) electrons. The maximum absolute atomic E-state index is 12.8. The number of hydrogen-bond acceptors (Lipinski definition) is 7. The summed E-state index contributed by atoms with van der Waals surface area (Å²) in [6, 6.07) is 15.0. The second-order valence-corrected chi connectivity index (χ2v) is 9.33. The topological polar surface area (TPSA) is 176 Å². The summed E-state index contributed by atoms with van der Waals surface area (Å²) in [5.74, 6) is -2.97. The van der Waals surface area contributed by atoms with E-state index >= 15 is 0 Å². The Labute approximate surface area is 204 Å². The SMILES string of the molecule is C/C(=N\NC(=O)c1ccc(S(N)(=O)=O)cc1)c1ccc(N2C(=O)c3ccc(C(=O)O)cc3C2=O)cc1. The Morgan fingerprint density at radius 2 is 1.42 bits per heavy atom. The summed E-state index contributed by atoms with van der Waals surface area (Å²) < 4.78 is 22.6. The number of nitrogens with zero attached hydrogens (tertiary/aromatic N) is 2. The van der Waals surface area contributed by atoms with E-state index in [1.54, 1.807) is 19.1 Å². The molecule has 4 rings (SSSR count). The number of primary sulfonamides is 1. The van der Waals surface area contributed by atoms with Gasteiger partial charge in [0, 0.05) is 5.56 Å². The molecule has 0 atom stereocenters. The maximum Gasteiger partial charge on any atom is 0.335 e. The molecule has 1 heterocycles. The van der Waals surface area contributed by atoms with Gasteiger partial charge in [0.1, 0.15) is 0 Å². The average Bonchev–Trinajstić information content (AvgIpc) is 3.11. The average molecular weight is 506 g/mol. The highest BCUT2D eigenvalue weighted by Gasteiger charge is 2.37. The molecule has 3 aromatic carbocycles. The molecule has 0 aromatic heterocycles. The van der Waals surface area contributed by atoms with Gasteiger partial charge in [0.25, 0.3) is 17.7 Å². The Morgan fingerprint density at radius 3 is 2.00 bits per heavy atom. The number of aromatic carboxylic acids is 1. The lowest BCUT2D eigenvalue weighted by Crippen LogP contribution is -2.29. The Kier molecular flexibility index (Phi) is 6.23. The van der Waals surface area contributed by atoms with E-state index in [9.17, 15) is 27.6 Å². The van der Waals surface area contributed by atoms with Crippen LogP contribution in [0.1, 0.15) is 53.9 Å². The summed E-state index contributed by atoms with van der Waals surface area (Å²) in [5.41, 5.74) is 3.87. The van der Waals surface area contributed by atoms with Crippen molar-refractivity contribution in [3.05, 3.63) is 94.5 Å². The van der Waals surface area contributed by atoms with Crippen molar-refractivity contribution in [2.75, 3.05) is 4.90 Å². The van der Waals surface area contributed by atoms with Gasteiger partial charge in [0.05, 0.1) is 33.0 Å². The Hall–Kier alpha value is -4.68. The minimum atomic E-state index is -3.87. The van der Waals surface area contributed by atoms with E-state index in [0.29, 0.717) is 11.3 Å². The molecule has 0 spiro atoms. The van der Waals surface area contributed by atoms with Gasteiger partial charge in [-0.3, -0.25) is 14.4 Å². The molecule has 1 aliphatic heterocycles. The van der Waals surface area contributed by atoms with Crippen LogP contribution in [0.2, 0.25) is 0 Å². The Balaban J connectivity index is 1.48. The smallest absolute Gasteiger partial charge is 0.335 e. The van der Waals surface area contributed by atoms with Gasteiger partial charge in [-0.05, 0) is 67.1 Å². The van der Waals surface area contributed by atoms with Crippen LogP contribution in [-0.4, -0.2) is 42.9 Å². The van der Waals surface area contributed by atoms with Gasteiger partial charge in [-0.2, -0.15) is 5.10 Å². The molecule has 12 heteroatoms. The van der Waals surface area contributed by atoms with Gasteiger partial charge < -0.3 is 5.11 Å². The van der Waals surface area contributed by atoms with Crippen LogP contribution in [0.3, 0.4) is 0 Å². The van der Waals surface area contributed by atoms with Gasteiger partial charge in [-0.25, -0.2) is 28.7 Å². The minimum absolute atomic E-state index is 0.0153. The normalized spacial score (nSPS) is 13.5. The number of rotatable bonds is 6. The summed E-state index contributed by atoms with van der Waals surface area (Å²) in [6.45, 7) is 1.63. The van der Waals surface area contributed by atoms with Crippen molar-refractivity contribution in [2.24, 2.45) is 10.2 Å². The lowest BCUT2D eigenvalue weighted by molar-refractivity contribution is 0.0696. The molecule has 11 nitrogen and oxygen atoms in total. The van der Waals surface area contributed by atoms with Crippen molar-refractivity contribution in [1.82, 2.24) is 5.43 Å². The molecule has 0 unspecified atom stereocenters. The molecule has 3 amide bonds. The number of anilines is 1. The summed E-state index contributed by atoms with van der Waals surface area (Å²) >= 11 is 0. The predicted octanol–water partition coefficient (Wildman–Crippen LogP) is 1.99. The molecule has 36 heavy (non-hydrogen) atoms. The number of carboxylic acid groups (broad SMARTS) is 1. The van der Waals surface area contributed by atoms with Gasteiger partial charge in [0.15, 0.2) is 0 Å². The third-order valence-corrected chi connectivity index (χ3v) is 6.38. The largest absolute Gasteiger partial charge is 0.478 e. The van der Waals surface area contributed by atoms with Crippen LogP contribution in [0.4, 0.5) is 5.69 Å². The second-order valence-electron chi connectivity index (χ2n) is 7.77. The van der Waals surface area contributed by atoms with Crippen LogP contribution in [0.5, 0.6) is 0 Å². The second kappa shape index (κ2) is 9.17. The molecule has 1 aliphatic rings. The molecule has 182 valence electrons. The van der Waals surface area contributed by atoms with Crippen LogP contribution in [-0.2, 0) is 10.0 Å². The first-order valence-corrected chi connectivity index (χ1v) is 11.9. The summed E-state index contributed by atoms with van der Waals surface area (Å²) in [7, 11) is -3.87. The number of amides is 3. The zero-order valence-electron chi connectivity index (χ0n) is 18.6. The summed E-state index contributed by atoms with van der Waals surface area (Å²) in [6.07, 6.45) is 0. The van der Waals surface area contributed by atoms with Gasteiger partial charge in [0.2, 0.25) is 10.0 Å². The zero-order valence-corrected chi connectivity index (χ0v) is 19.4. The number of hydrogen-bond donors (Lipinski definition) is 3. The van der Waals surface area contributed by atoms with Crippen molar-refractivity contribution >= 4 is 45.1 Å². The third kappa shape index (κ3) is 4.62. The molecule has 4 N–H and O–H groups in total. The number of carboxylic acids is 1. The Bertz CT molecular complexity index is 1560. The van der Waals surface area contributed by atoms with Gasteiger partial charge in [-0.1, -0.05) is 12.1 Å². The number of carbonyl (C=O) groups excluding carboxylic acids is 3. The van der Waals surface area contributed by atoms with E-state index < -0.39 is 33.7 Å². The van der Waals surface area contributed by atoms with Crippen LogP contribution in [0.25, 0.3) is 0 Å². The van der Waals surface area contributed by atoms with Gasteiger partial charge >= 0.3 is 5.97 Å².